The van der Waals surface area contributed by atoms with Crippen molar-refractivity contribution < 1.29 is 14.7 Å². The van der Waals surface area contributed by atoms with Gasteiger partial charge >= 0.3 is 5.97 Å². The van der Waals surface area contributed by atoms with E-state index < -0.39 is 12.4 Å². The molecule has 0 aliphatic carbocycles. The summed E-state index contributed by atoms with van der Waals surface area (Å²) >= 11 is 1.46. The van der Waals surface area contributed by atoms with Crippen LogP contribution in [0.5, 0.6) is 0 Å². The quantitative estimate of drug-likeness (QED) is 0.638. The van der Waals surface area contributed by atoms with Gasteiger partial charge in [0.25, 0.3) is 0 Å². The molecule has 0 aliphatic heterocycles. The first-order valence-corrected chi connectivity index (χ1v) is 5.27. The van der Waals surface area contributed by atoms with Crippen molar-refractivity contribution in [1.29, 1.82) is 0 Å². The van der Waals surface area contributed by atoms with E-state index in [1.807, 2.05) is 24.3 Å². The molecule has 15 heavy (non-hydrogen) atoms. The van der Waals surface area contributed by atoms with Crippen LogP contribution in [-0.4, -0.2) is 16.9 Å². The zero-order valence-corrected chi connectivity index (χ0v) is 8.58. The van der Waals surface area contributed by atoms with E-state index in [9.17, 15) is 9.59 Å². The smallest absolute Gasteiger partial charge is 0.311 e. The summed E-state index contributed by atoms with van der Waals surface area (Å²) in [7, 11) is 0. The SMILES string of the molecule is O=C(O)CC(=O)c1csc2ccccc12. The molecule has 0 atom stereocenters. The molecule has 0 aliphatic rings. The maximum atomic E-state index is 11.6. The molecule has 2 rings (SSSR count). The summed E-state index contributed by atoms with van der Waals surface area (Å²) in [5, 5.41) is 11.1. The highest BCUT2D eigenvalue weighted by Gasteiger charge is 2.14. The highest BCUT2D eigenvalue weighted by Crippen LogP contribution is 2.26. The predicted octanol–water partition coefficient (Wildman–Crippen LogP) is 2.56. The molecule has 0 fully saturated rings. The standard InChI is InChI=1S/C11H8O3S/c12-9(5-11(13)14)8-6-15-10-4-2-1-3-7(8)10/h1-4,6H,5H2,(H,13,14). The lowest BCUT2D eigenvalue weighted by Gasteiger charge is -1.95. The van der Waals surface area contributed by atoms with E-state index in [1.165, 1.54) is 11.3 Å². The van der Waals surface area contributed by atoms with Gasteiger partial charge in [0.1, 0.15) is 6.42 Å². The normalized spacial score (nSPS) is 10.4. The number of hydrogen-bond acceptors (Lipinski definition) is 3. The zero-order chi connectivity index (χ0) is 10.8. The Morgan fingerprint density at radius 1 is 1.27 bits per heavy atom. The van der Waals surface area contributed by atoms with Crippen molar-refractivity contribution in [1.82, 2.24) is 0 Å². The van der Waals surface area contributed by atoms with Gasteiger partial charge in [-0.3, -0.25) is 9.59 Å². The van der Waals surface area contributed by atoms with Crippen LogP contribution >= 0.6 is 11.3 Å². The Morgan fingerprint density at radius 3 is 2.73 bits per heavy atom. The first kappa shape index (κ1) is 9.86. The Morgan fingerprint density at radius 2 is 2.00 bits per heavy atom. The Hall–Kier alpha value is -1.68. The van der Waals surface area contributed by atoms with Gasteiger partial charge in [-0.25, -0.2) is 0 Å². The molecular formula is C11H8O3S. The fraction of sp³-hybridized carbons (Fsp3) is 0.0909. The first-order valence-electron chi connectivity index (χ1n) is 4.39. The minimum atomic E-state index is -1.09. The van der Waals surface area contributed by atoms with Crippen LogP contribution in [0.25, 0.3) is 10.1 Å². The fourth-order valence-corrected chi connectivity index (χ4v) is 2.39. The Labute approximate surface area is 90.0 Å². The van der Waals surface area contributed by atoms with E-state index in [-0.39, 0.29) is 5.78 Å². The van der Waals surface area contributed by atoms with Gasteiger partial charge in [0, 0.05) is 21.0 Å². The van der Waals surface area contributed by atoms with Gasteiger partial charge in [0.05, 0.1) is 0 Å². The predicted molar refractivity (Wildman–Crippen MR) is 58.4 cm³/mol. The van der Waals surface area contributed by atoms with Crippen LogP contribution in [0.1, 0.15) is 16.8 Å². The van der Waals surface area contributed by atoms with Gasteiger partial charge in [-0.05, 0) is 6.07 Å². The molecule has 0 bridgehead atoms. The number of thiophene rings is 1. The van der Waals surface area contributed by atoms with Gasteiger partial charge < -0.3 is 5.11 Å². The second-order valence-electron chi connectivity index (χ2n) is 3.14. The number of ketones is 1. The second-order valence-corrected chi connectivity index (χ2v) is 4.05. The summed E-state index contributed by atoms with van der Waals surface area (Å²) in [6.07, 6.45) is -0.444. The largest absolute Gasteiger partial charge is 0.481 e. The highest BCUT2D eigenvalue weighted by atomic mass is 32.1. The lowest BCUT2D eigenvalue weighted by atomic mass is 10.1. The third-order valence-corrected chi connectivity index (χ3v) is 3.06. The molecule has 76 valence electrons. The first-order chi connectivity index (χ1) is 7.18. The van der Waals surface area contributed by atoms with Crippen molar-refractivity contribution in [2.24, 2.45) is 0 Å². The Bertz CT molecular complexity index is 527. The molecule has 2 aromatic rings. The van der Waals surface area contributed by atoms with Crippen molar-refractivity contribution in [2.45, 2.75) is 6.42 Å². The number of carboxylic acid groups (broad SMARTS) is 1. The molecule has 3 nitrogen and oxygen atoms in total. The van der Waals surface area contributed by atoms with Crippen molar-refractivity contribution in [2.75, 3.05) is 0 Å². The van der Waals surface area contributed by atoms with Crippen LogP contribution in [0.2, 0.25) is 0 Å². The van der Waals surface area contributed by atoms with Crippen LogP contribution in [0.3, 0.4) is 0 Å². The molecule has 1 heterocycles. The van der Waals surface area contributed by atoms with E-state index in [0.29, 0.717) is 5.56 Å². The molecule has 4 heteroatoms. The van der Waals surface area contributed by atoms with Gasteiger partial charge in [-0.2, -0.15) is 0 Å². The average molecular weight is 220 g/mol. The van der Waals surface area contributed by atoms with Crippen LogP contribution in [0.4, 0.5) is 0 Å². The number of Topliss-reactive ketones (excluding diaryl/α,β-unsaturated/α-hetero) is 1. The maximum absolute atomic E-state index is 11.6. The van der Waals surface area contributed by atoms with Crippen molar-refractivity contribution in [3.8, 4) is 0 Å². The number of rotatable bonds is 3. The topological polar surface area (TPSA) is 54.4 Å². The molecule has 0 unspecified atom stereocenters. The molecule has 1 aromatic heterocycles. The average Bonchev–Trinajstić information content (AvgIpc) is 2.59. The fourth-order valence-electron chi connectivity index (χ4n) is 1.43. The number of hydrogen-bond donors (Lipinski definition) is 1. The minimum Gasteiger partial charge on any atom is -0.481 e. The monoisotopic (exact) mass is 220 g/mol. The van der Waals surface area contributed by atoms with E-state index in [4.69, 9.17) is 5.11 Å². The molecule has 1 aromatic carbocycles. The van der Waals surface area contributed by atoms with Crippen LogP contribution in [0, 0.1) is 0 Å². The molecule has 0 radical (unpaired) electrons. The Kier molecular flexibility index (Phi) is 2.51. The van der Waals surface area contributed by atoms with Crippen LogP contribution in [0.15, 0.2) is 29.6 Å². The third-order valence-electron chi connectivity index (χ3n) is 2.09. The van der Waals surface area contributed by atoms with Gasteiger partial charge in [0.15, 0.2) is 5.78 Å². The van der Waals surface area contributed by atoms with E-state index in [0.717, 1.165) is 10.1 Å². The Balaban J connectivity index is 2.44. The van der Waals surface area contributed by atoms with Gasteiger partial charge in [-0.15, -0.1) is 11.3 Å². The number of aliphatic carboxylic acids is 1. The van der Waals surface area contributed by atoms with Gasteiger partial charge in [-0.1, -0.05) is 18.2 Å². The number of fused-ring (bicyclic) bond motifs is 1. The number of benzene rings is 1. The number of carboxylic acids is 1. The highest BCUT2D eigenvalue weighted by molar-refractivity contribution is 7.17. The van der Waals surface area contributed by atoms with Gasteiger partial charge in [0.2, 0.25) is 0 Å². The van der Waals surface area contributed by atoms with Crippen molar-refractivity contribution in [3.05, 3.63) is 35.2 Å². The second kappa shape index (κ2) is 3.82. The molecular weight excluding hydrogens is 212 g/mol. The summed E-state index contributed by atoms with van der Waals surface area (Å²) in [5.74, 6) is -1.42. The summed E-state index contributed by atoms with van der Waals surface area (Å²) < 4.78 is 1.01. The third kappa shape index (κ3) is 1.89. The molecule has 1 N–H and O–H groups in total. The summed E-state index contributed by atoms with van der Waals surface area (Å²) in [6, 6.07) is 7.48. The van der Waals surface area contributed by atoms with Crippen LogP contribution < -0.4 is 0 Å². The van der Waals surface area contributed by atoms with Crippen LogP contribution in [-0.2, 0) is 4.79 Å². The molecule has 0 amide bonds. The number of carbonyl (C=O) groups is 2. The summed E-state index contributed by atoms with van der Waals surface area (Å²) in [5.41, 5.74) is 0.512. The summed E-state index contributed by atoms with van der Waals surface area (Å²) in [6.45, 7) is 0. The van der Waals surface area contributed by atoms with E-state index in [2.05, 4.69) is 0 Å². The summed E-state index contributed by atoms with van der Waals surface area (Å²) in [4.78, 5) is 22.0. The number of carbonyl (C=O) groups excluding carboxylic acids is 1. The van der Waals surface area contributed by atoms with E-state index in [1.54, 1.807) is 5.38 Å². The van der Waals surface area contributed by atoms with Crippen molar-refractivity contribution >= 4 is 33.2 Å². The zero-order valence-electron chi connectivity index (χ0n) is 7.77. The lowest BCUT2D eigenvalue weighted by Crippen LogP contribution is -2.06. The maximum Gasteiger partial charge on any atom is 0.311 e. The molecule has 0 saturated carbocycles. The lowest BCUT2D eigenvalue weighted by molar-refractivity contribution is -0.135. The minimum absolute atomic E-state index is 0.333. The molecule has 0 spiro atoms. The van der Waals surface area contributed by atoms with E-state index >= 15 is 0 Å². The van der Waals surface area contributed by atoms with Crippen molar-refractivity contribution in [3.63, 3.8) is 0 Å². The molecule has 0 saturated heterocycles.